The molecule has 9 unspecified atom stereocenters. The van der Waals surface area contributed by atoms with Crippen molar-refractivity contribution in [3.05, 3.63) is 0 Å². The van der Waals surface area contributed by atoms with E-state index in [1.807, 2.05) is 0 Å². The van der Waals surface area contributed by atoms with Crippen molar-refractivity contribution in [1.82, 2.24) is 0 Å². The Morgan fingerprint density at radius 3 is 2.48 bits per heavy atom. The topological polar surface area (TPSA) is 0 Å². The van der Waals surface area contributed by atoms with E-state index >= 15 is 0 Å². The molecule has 0 aliphatic heterocycles. The van der Waals surface area contributed by atoms with Crippen molar-refractivity contribution in [2.24, 2.45) is 52.8 Å². The zero-order valence-corrected chi connectivity index (χ0v) is 14.8. The van der Waals surface area contributed by atoms with Gasteiger partial charge in [-0.25, -0.2) is 0 Å². The van der Waals surface area contributed by atoms with Crippen LogP contribution in [0.1, 0.15) is 79.1 Å². The maximum Gasteiger partial charge on any atom is -0.0233 e. The summed E-state index contributed by atoms with van der Waals surface area (Å²) in [6.07, 6.45) is 12.4. The Balaban J connectivity index is 1.78. The zero-order valence-electron chi connectivity index (χ0n) is 14.8. The highest BCUT2D eigenvalue weighted by molar-refractivity contribution is 5.14. The Kier molecular flexibility index (Phi) is 3.47. The lowest BCUT2D eigenvalue weighted by Gasteiger charge is -2.55. The van der Waals surface area contributed by atoms with Crippen molar-refractivity contribution in [2.45, 2.75) is 79.1 Å². The molecule has 4 aliphatic rings. The summed E-state index contributed by atoms with van der Waals surface area (Å²) in [5.74, 6) is 8.62. The van der Waals surface area contributed by atoms with Gasteiger partial charge in [-0.05, 0) is 91.3 Å². The van der Waals surface area contributed by atoms with Gasteiger partial charge in [0, 0.05) is 0 Å². The highest BCUT2D eigenvalue weighted by Crippen LogP contribution is 2.73. The first kappa shape index (κ1) is 14.6. The summed E-state index contributed by atoms with van der Waals surface area (Å²) in [6.45, 7) is 10.1. The number of hydrogen-bond donors (Lipinski definition) is 0. The molecule has 0 aromatic carbocycles. The Morgan fingerprint density at radius 2 is 1.76 bits per heavy atom. The van der Waals surface area contributed by atoms with Crippen LogP contribution in [0.4, 0.5) is 0 Å². The molecule has 0 amide bonds. The first-order valence-corrected chi connectivity index (χ1v) is 10.1. The molecule has 4 fully saturated rings. The first-order chi connectivity index (χ1) is 10.1. The van der Waals surface area contributed by atoms with Gasteiger partial charge in [-0.2, -0.15) is 0 Å². The molecule has 0 N–H and O–H groups in total. The summed E-state index contributed by atoms with van der Waals surface area (Å²) in [5, 5.41) is 0. The van der Waals surface area contributed by atoms with E-state index in [1.165, 1.54) is 12.8 Å². The molecule has 0 spiro atoms. The maximum absolute atomic E-state index is 2.60. The molecule has 9 atom stereocenters. The maximum atomic E-state index is 2.60. The molecule has 4 saturated carbocycles. The lowest BCUT2D eigenvalue weighted by Crippen LogP contribution is -2.48. The fourth-order valence-electron chi connectivity index (χ4n) is 8.59. The van der Waals surface area contributed by atoms with Crippen LogP contribution in [0.25, 0.3) is 0 Å². The monoisotopic (exact) mass is 288 g/mol. The minimum absolute atomic E-state index is 0.787. The average Bonchev–Trinajstić information content (AvgIpc) is 2.93. The van der Waals surface area contributed by atoms with Crippen molar-refractivity contribution >= 4 is 0 Å². The molecule has 0 saturated heterocycles. The fraction of sp³-hybridized carbons (Fsp3) is 1.00. The molecule has 0 heteroatoms. The van der Waals surface area contributed by atoms with Gasteiger partial charge >= 0.3 is 0 Å². The zero-order chi connectivity index (χ0) is 14.8. The third-order valence-corrected chi connectivity index (χ3v) is 8.69. The van der Waals surface area contributed by atoms with Crippen LogP contribution in [0, 0.1) is 52.8 Å². The molecule has 0 aromatic heterocycles. The molecule has 4 rings (SSSR count). The van der Waals surface area contributed by atoms with E-state index in [4.69, 9.17) is 0 Å². The Labute approximate surface area is 132 Å². The van der Waals surface area contributed by atoms with Gasteiger partial charge in [-0.3, -0.25) is 0 Å². The van der Waals surface area contributed by atoms with E-state index in [-0.39, 0.29) is 0 Å². The third-order valence-electron chi connectivity index (χ3n) is 8.69. The van der Waals surface area contributed by atoms with E-state index in [0.29, 0.717) is 0 Å². The van der Waals surface area contributed by atoms with Crippen LogP contribution in [0.3, 0.4) is 0 Å². The smallest absolute Gasteiger partial charge is 0.0233 e. The fourth-order valence-corrected chi connectivity index (χ4v) is 8.59. The predicted octanol–water partition coefficient (Wildman–Crippen LogP) is 6.16. The summed E-state index contributed by atoms with van der Waals surface area (Å²) in [7, 11) is 0. The predicted molar refractivity (Wildman–Crippen MR) is 90.0 cm³/mol. The lowest BCUT2D eigenvalue weighted by atomic mass is 9.50. The van der Waals surface area contributed by atoms with Gasteiger partial charge in [0.25, 0.3) is 0 Å². The van der Waals surface area contributed by atoms with Crippen molar-refractivity contribution in [2.75, 3.05) is 0 Å². The third kappa shape index (κ3) is 1.86. The van der Waals surface area contributed by atoms with Crippen LogP contribution < -0.4 is 0 Å². The molecule has 21 heavy (non-hydrogen) atoms. The Morgan fingerprint density at radius 1 is 0.952 bits per heavy atom. The number of hydrogen-bond acceptors (Lipinski definition) is 0. The van der Waals surface area contributed by atoms with Crippen molar-refractivity contribution in [1.29, 1.82) is 0 Å². The van der Waals surface area contributed by atoms with Crippen molar-refractivity contribution in [3.8, 4) is 0 Å². The van der Waals surface area contributed by atoms with Crippen LogP contribution in [0.15, 0.2) is 0 Å². The van der Waals surface area contributed by atoms with E-state index < -0.39 is 0 Å². The van der Waals surface area contributed by atoms with Crippen LogP contribution in [-0.2, 0) is 0 Å². The van der Waals surface area contributed by atoms with Crippen LogP contribution in [0.5, 0.6) is 0 Å². The molecule has 0 heterocycles. The van der Waals surface area contributed by atoms with Gasteiger partial charge in [-0.1, -0.05) is 40.5 Å². The van der Waals surface area contributed by atoms with Gasteiger partial charge in [0.1, 0.15) is 0 Å². The van der Waals surface area contributed by atoms with Gasteiger partial charge in [0.15, 0.2) is 0 Å². The van der Waals surface area contributed by atoms with Crippen LogP contribution in [0.2, 0.25) is 0 Å². The second-order valence-corrected chi connectivity index (χ2v) is 9.60. The SMILES string of the molecule is CCCC12CC(C)CC3C(CC)C(C)CC4CC1CC4C32. The largest absolute Gasteiger partial charge is 0.0654 e. The molecule has 0 nitrogen and oxygen atoms in total. The summed E-state index contributed by atoms with van der Waals surface area (Å²) in [4.78, 5) is 0. The summed E-state index contributed by atoms with van der Waals surface area (Å²) in [5.41, 5.74) is 0.787. The molecule has 0 radical (unpaired) electrons. The summed E-state index contributed by atoms with van der Waals surface area (Å²) >= 11 is 0. The minimum Gasteiger partial charge on any atom is -0.0654 e. The first-order valence-electron chi connectivity index (χ1n) is 10.1. The number of fused-ring (bicyclic) bond motifs is 2. The molecular formula is C21H36. The average molecular weight is 289 g/mol. The van der Waals surface area contributed by atoms with Gasteiger partial charge in [-0.15, -0.1) is 0 Å². The van der Waals surface area contributed by atoms with Gasteiger partial charge in [0.05, 0.1) is 0 Å². The number of rotatable bonds is 3. The molecule has 4 aliphatic carbocycles. The van der Waals surface area contributed by atoms with Gasteiger partial charge in [0.2, 0.25) is 0 Å². The molecule has 120 valence electrons. The van der Waals surface area contributed by atoms with E-state index in [1.54, 1.807) is 38.5 Å². The van der Waals surface area contributed by atoms with E-state index in [9.17, 15) is 0 Å². The minimum atomic E-state index is 0.787. The summed E-state index contributed by atoms with van der Waals surface area (Å²) in [6, 6.07) is 0. The van der Waals surface area contributed by atoms with Crippen LogP contribution in [-0.4, -0.2) is 0 Å². The van der Waals surface area contributed by atoms with Crippen LogP contribution >= 0.6 is 0 Å². The van der Waals surface area contributed by atoms with E-state index in [2.05, 4.69) is 27.7 Å². The Bertz CT molecular complexity index is 397. The summed E-state index contributed by atoms with van der Waals surface area (Å²) < 4.78 is 0. The van der Waals surface area contributed by atoms with Crippen molar-refractivity contribution in [3.63, 3.8) is 0 Å². The highest BCUT2D eigenvalue weighted by atomic mass is 14.7. The Hall–Kier alpha value is 0. The quantitative estimate of drug-likeness (QED) is 0.583. The second-order valence-electron chi connectivity index (χ2n) is 9.60. The van der Waals surface area contributed by atoms with Gasteiger partial charge < -0.3 is 0 Å². The molecule has 0 aromatic rings. The normalized spacial score (nSPS) is 58.3. The van der Waals surface area contributed by atoms with Crippen molar-refractivity contribution < 1.29 is 0 Å². The lowest BCUT2D eigenvalue weighted by molar-refractivity contribution is -0.0644. The molecular weight excluding hydrogens is 252 g/mol. The standard InChI is InChI=1S/C21H36/c1-5-7-21-12-13(3)8-19-17(6-2)14(4)9-15-10-16(21)11-18(15)20(19)21/h13-20H,5-12H2,1-4H3. The second kappa shape index (κ2) is 5.00. The molecule has 2 bridgehead atoms. The van der Waals surface area contributed by atoms with E-state index in [0.717, 1.165) is 52.8 Å². The highest BCUT2D eigenvalue weighted by Gasteiger charge is 2.66.